The standard InChI is InChI=1S/C24H26N6O5S2/c1-29-14-6-4-9-24(29,10-7-14)8-3-5-13-11-36-21-17(20(32)30(21)18(13)22(33)34)27-19(31)16(28-35-2)15-12-37-23(25)26-15/h3,5,12,14,17,21H,6-8,10-11H2,1-2H3,(H2,25,26)(H,27,31)(H,33,34)/b5-3+,28-16-/t14-,17-,21-,24+/m1/s1. The first kappa shape index (κ1) is 25.3. The molecule has 0 radical (unpaired) electrons. The molecule has 1 aromatic heterocycles. The first-order valence-corrected chi connectivity index (χ1v) is 13.7. The van der Waals surface area contributed by atoms with E-state index in [4.69, 9.17) is 10.6 Å². The largest absolute Gasteiger partial charge is 0.543 e. The van der Waals surface area contributed by atoms with Crippen molar-refractivity contribution in [3.05, 3.63) is 34.5 Å². The topological polar surface area (TPSA) is 154 Å². The molecule has 1 unspecified atom stereocenters. The fourth-order valence-corrected chi connectivity index (χ4v) is 7.23. The van der Waals surface area contributed by atoms with Gasteiger partial charge in [-0.15, -0.1) is 23.1 Å². The Bertz CT molecular complexity index is 1310. The second-order valence-corrected chi connectivity index (χ2v) is 11.3. The Hall–Kier alpha value is -3.34. The van der Waals surface area contributed by atoms with Gasteiger partial charge < -0.3 is 30.7 Å². The minimum absolute atomic E-state index is 0.131. The summed E-state index contributed by atoms with van der Waals surface area (Å²) in [5.41, 5.74) is 5.94. The summed E-state index contributed by atoms with van der Waals surface area (Å²) in [6.07, 6.45) is 7.48. The van der Waals surface area contributed by atoms with Crippen LogP contribution in [0.3, 0.4) is 0 Å². The van der Waals surface area contributed by atoms with Crippen molar-refractivity contribution >= 4 is 51.7 Å². The van der Waals surface area contributed by atoms with Gasteiger partial charge in [0.15, 0.2) is 16.4 Å². The molecule has 4 aliphatic heterocycles. The predicted octanol–water partition coefficient (Wildman–Crippen LogP) is -1.75. The van der Waals surface area contributed by atoms with Crippen LogP contribution in [0.1, 0.15) is 31.4 Å². The minimum Gasteiger partial charge on any atom is -0.543 e. The van der Waals surface area contributed by atoms with E-state index in [1.807, 2.05) is 6.08 Å². The average molecular weight is 543 g/mol. The number of amides is 2. The van der Waals surface area contributed by atoms with Crippen LogP contribution < -0.4 is 21.1 Å². The van der Waals surface area contributed by atoms with Crippen LogP contribution in [0, 0.1) is 11.8 Å². The Kier molecular flexibility index (Phi) is 6.74. The lowest BCUT2D eigenvalue weighted by Gasteiger charge is -2.50. The highest BCUT2D eigenvalue weighted by Crippen LogP contribution is 2.40. The maximum atomic E-state index is 13.0. The van der Waals surface area contributed by atoms with Gasteiger partial charge in [-0.05, 0) is 11.5 Å². The van der Waals surface area contributed by atoms with Crippen LogP contribution in [0.25, 0.3) is 0 Å². The molecule has 5 atom stereocenters. The molecule has 2 bridgehead atoms. The summed E-state index contributed by atoms with van der Waals surface area (Å²) in [4.78, 5) is 49.4. The number of aliphatic carboxylic acids is 1. The number of nitrogens with zero attached hydrogens (tertiary/aromatic N) is 3. The summed E-state index contributed by atoms with van der Waals surface area (Å²) in [5.74, 6) is 4.39. The van der Waals surface area contributed by atoms with Crippen molar-refractivity contribution in [3.8, 4) is 11.8 Å². The summed E-state index contributed by atoms with van der Waals surface area (Å²) in [6.45, 7) is 0. The number of nitrogens with one attached hydrogen (secondary N) is 2. The molecular weight excluding hydrogens is 516 g/mol. The van der Waals surface area contributed by atoms with E-state index >= 15 is 0 Å². The van der Waals surface area contributed by atoms with Crippen LogP contribution in [0.2, 0.25) is 0 Å². The number of oxime groups is 1. The number of quaternary nitrogens is 1. The number of carboxylic acid groups (broad SMARTS) is 1. The number of thiazole rings is 1. The maximum absolute atomic E-state index is 13.0. The average Bonchev–Trinajstić information content (AvgIpc) is 3.35. The van der Waals surface area contributed by atoms with Gasteiger partial charge >= 0.3 is 0 Å². The molecule has 4 N–H and O–H groups in total. The molecule has 0 aromatic carbocycles. The van der Waals surface area contributed by atoms with E-state index in [1.165, 1.54) is 28.7 Å². The van der Waals surface area contributed by atoms with E-state index in [9.17, 15) is 19.5 Å². The lowest BCUT2D eigenvalue weighted by molar-refractivity contribution is -0.934. The maximum Gasteiger partial charge on any atom is 0.276 e. The lowest BCUT2D eigenvalue weighted by atomic mass is 9.92. The van der Waals surface area contributed by atoms with Gasteiger partial charge in [0.05, 0.1) is 31.2 Å². The number of allylic oxidation sites excluding steroid dienone is 1. The highest BCUT2D eigenvalue weighted by Gasteiger charge is 2.53. The third-order valence-electron chi connectivity index (χ3n) is 7.39. The van der Waals surface area contributed by atoms with Gasteiger partial charge in [0.2, 0.25) is 0 Å². The lowest BCUT2D eigenvalue weighted by Crippen LogP contribution is -3.18. The zero-order valence-corrected chi connectivity index (χ0v) is 21.9. The monoisotopic (exact) mass is 542 g/mol. The first-order valence-electron chi connectivity index (χ1n) is 11.8. The van der Waals surface area contributed by atoms with Gasteiger partial charge in [0, 0.05) is 30.4 Å². The molecule has 194 valence electrons. The summed E-state index contributed by atoms with van der Waals surface area (Å²) >= 11 is 2.51. The number of aromatic nitrogens is 1. The van der Waals surface area contributed by atoms with E-state index in [0.29, 0.717) is 23.8 Å². The number of fused-ring (bicyclic) bond motifs is 3. The molecule has 2 amide bonds. The Morgan fingerprint density at radius 1 is 1.51 bits per heavy atom. The van der Waals surface area contributed by atoms with Crippen molar-refractivity contribution in [3.63, 3.8) is 0 Å². The molecule has 0 aliphatic carbocycles. The van der Waals surface area contributed by atoms with E-state index in [-0.39, 0.29) is 27.8 Å². The number of carboxylic acids is 1. The molecular formula is C24H26N6O5S2. The molecule has 2 saturated heterocycles. The fourth-order valence-electron chi connectivity index (χ4n) is 5.36. The number of hydrogen-bond donors (Lipinski definition) is 3. The number of rotatable bonds is 8. The summed E-state index contributed by atoms with van der Waals surface area (Å²) in [5, 5.41) is 19.7. The highest BCUT2D eigenvalue weighted by atomic mass is 32.2. The van der Waals surface area contributed by atoms with Crippen molar-refractivity contribution in [1.29, 1.82) is 0 Å². The molecule has 5 heterocycles. The molecule has 5 rings (SSSR count). The van der Waals surface area contributed by atoms with E-state index in [0.717, 1.165) is 30.6 Å². The van der Waals surface area contributed by atoms with Gasteiger partial charge in [0.1, 0.15) is 24.2 Å². The second-order valence-electron chi connectivity index (χ2n) is 9.33. The van der Waals surface area contributed by atoms with E-state index in [2.05, 4.69) is 34.3 Å². The van der Waals surface area contributed by atoms with Crippen LogP contribution in [-0.4, -0.2) is 76.3 Å². The van der Waals surface area contributed by atoms with Gasteiger partial charge in [-0.3, -0.25) is 14.5 Å². The number of carbonyl (C=O) groups excluding carboxylic acids is 3. The van der Waals surface area contributed by atoms with Gasteiger partial charge in [-0.1, -0.05) is 23.2 Å². The number of β-lactam (4-membered cyclic amide) rings is 1. The molecule has 0 saturated carbocycles. The number of hydrogen-bond acceptors (Lipinski definition) is 10. The second kappa shape index (κ2) is 9.85. The smallest absolute Gasteiger partial charge is 0.276 e. The van der Waals surface area contributed by atoms with E-state index < -0.39 is 29.2 Å². The number of anilines is 1. The zero-order valence-electron chi connectivity index (χ0n) is 20.3. The summed E-state index contributed by atoms with van der Waals surface area (Å²) in [7, 11) is 3.46. The highest BCUT2D eigenvalue weighted by molar-refractivity contribution is 8.00. The SMILES string of the molecule is CO/N=C(\C(=O)N[C@@H]1C(=O)N2C(C(=O)[O-])=C(/C=C/C[C@]34C#CC[C@H](CC3)[NH+]4C)CS[C@H]12)c1csc(N)n1. The predicted molar refractivity (Wildman–Crippen MR) is 136 cm³/mol. The van der Waals surface area contributed by atoms with Crippen LogP contribution in [0.4, 0.5) is 5.13 Å². The van der Waals surface area contributed by atoms with Crippen LogP contribution in [0.5, 0.6) is 0 Å². The van der Waals surface area contributed by atoms with Crippen LogP contribution in [0.15, 0.2) is 34.0 Å². The van der Waals surface area contributed by atoms with Gasteiger partial charge in [-0.2, -0.15) is 0 Å². The molecule has 37 heavy (non-hydrogen) atoms. The molecule has 1 aromatic rings. The number of nitrogen functional groups attached to an aromatic ring is 1. The number of thioether (sulfide) groups is 1. The van der Waals surface area contributed by atoms with Gasteiger partial charge in [-0.25, -0.2) is 4.98 Å². The van der Waals surface area contributed by atoms with Crippen molar-refractivity contribution in [2.75, 3.05) is 25.6 Å². The van der Waals surface area contributed by atoms with Crippen LogP contribution >= 0.6 is 23.1 Å². The van der Waals surface area contributed by atoms with Crippen molar-refractivity contribution in [2.45, 2.75) is 48.7 Å². The third kappa shape index (κ3) is 4.39. The number of carbonyl (C=O) groups is 3. The molecule has 4 aliphatic rings. The van der Waals surface area contributed by atoms with E-state index in [1.54, 1.807) is 11.5 Å². The first-order chi connectivity index (χ1) is 17.8. The van der Waals surface area contributed by atoms with Crippen LogP contribution in [-0.2, 0) is 19.2 Å². The Morgan fingerprint density at radius 2 is 2.32 bits per heavy atom. The van der Waals surface area contributed by atoms with Gasteiger partial charge in [0.25, 0.3) is 11.8 Å². The summed E-state index contributed by atoms with van der Waals surface area (Å²) in [6, 6.07) is -0.383. The number of nitrogens with two attached hydrogens (primary N) is 1. The van der Waals surface area contributed by atoms with Crippen molar-refractivity contribution in [2.24, 2.45) is 5.16 Å². The molecule has 11 nitrogen and oxygen atoms in total. The molecule has 13 heteroatoms. The van der Waals surface area contributed by atoms with Crippen molar-refractivity contribution < 1.29 is 29.2 Å². The molecule has 0 spiro atoms. The quantitative estimate of drug-likeness (QED) is 0.151. The normalized spacial score (nSPS) is 30.5. The fraction of sp³-hybridized carbons (Fsp3) is 0.458. The molecule has 2 fully saturated rings. The Labute approximate surface area is 221 Å². The van der Waals surface area contributed by atoms with Crippen molar-refractivity contribution in [1.82, 2.24) is 15.2 Å². The Morgan fingerprint density at radius 3 is 3.03 bits per heavy atom. The Balaban J connectivity index is 1.31. The third-order valence-corrected chi connectivity index (χ3v) is 9.36. The summed E-state index contributed by atoms with van der Waals surface area (Å²) < 4.78 is 0. The minimum atomic E-state index is -1.43. The zero-order chi connectivity index (χ0) is 26.3.